The van der Waals surface area contributed by atoms with E-state index in [2.05, 4.69) is 10.0 Å². The second-order valence-electron chi connectivity index (χ2n) is 7.71. The Hall–Kier alpha value is -2.98. The molecular formula is C20H23FN4O8S2. The van der Waals surface area contributed by atoms with Crippen LogP contribution < -0.4 is 19.1 Å². The van der Waals surface area contributed by atoms with Crippen LogP contribution in [0.5, 0.6) is 5.75 Å². The fraction of sp³-hybridized carbons (Fsp3) is 0.350. The number of carboxylic acid groups (broad SMARTS) is 1. The van der Waals surface area contributed by atoms with E-state index in [1.165, 1.54) is 22.5 Å². The van der Waals surface area contributed by atoms with Crippen molar-refractivity contribution in [2.75, 3.05) is 49.0 Å². The molecule has 1 saturated heterocycles. The number of sulfonamides is 1. The highest BCUT2D eigenvalue weighted by Gasteiger charge is 2.36. The maximum Gasteiger partial charge on any atom is 0.409 e. The number of hydrogen-bond donors (Lipinski definition) is 3. The Morgan fingerprint density at radius 2 is 1.77 bits per heavy atom. The summed E-state index contributed by atoms with van der Waals surface area (Å²) in [7, 11) is -8.09. The Balaban J connectivity index is 1.63. The fourth-order valence-corrected chi connectivity index (χ4v) is 6.36. The predicted molar refractivity (Wildman–Crippen MR) is 123 cm³/mol. The first-order valence-electron chi connectivity index (χ1n) is 10.5. The number of rotatable bonds is 7. The van der Waals surface area contributed by atoms with E-state index in [0.29, 0.717) is 0 Å². The van der Waals surface area contributed by atoms with Gasteiger partial charge in [0.1, 0.15) is 17.7 Å². The van der Waals surface area contributed by atoms with E-state index in [4.69, 9.17) is 14.6 Å². The van der Waals surface area contributed by atoms with Crippen molar-refractivity contribution in [1.82, 2.24) is 9.03 Å². The molecule has 2 aromatic carbocycles. The summed E-state index contributed by atoms with van der Waals surface area (Å²) in [6.45, 7) is 0.399. The maximum atomic E-state index is 13.4. The highest BCUT2D eigenvalue weighted by Crippen LogP contribution is 2.39. The monoisotopic (exact) mass is 530 g/mol. The van der Waals surface area contributed by atoms with Crippen molar-refractivity contribution in [3.8, 4) is 5.75 Å². The van der Waals surface area contributed by atoms with E-state index in [-0.39, 0.29) is 61.4 Å². The number of ether oxygens (including phenoxy) is 2. The summed E-state index contributed by atoms with van der Waals surface area (Å²) in [6.07, 6.45) is -2.25. The minimum Gasteiger partial charge on any atom is -0.485 e. The zero-order valence-electron chi connectivity index (χ0n) is 18.3. The summed E-state index contributed by atoms with van der Waals surface area (Å²) < 4.78 is 81.2. The molecule has 1 atom stereocenters. The zero-order valence-corrected chi connectivity index (χ0v) is 19.9. The molecule has 2 aliphatic rings. The van der Waals surface area contributed by atoms with Gasteiger partial charge in [-0.05, 0) is 42.5 Å². The molecule has 1 fully saturated rings. The number of morpholine rings is 1. The molecule has 0 aliphatic carbocycles. The molecule has 0 saturated carbocycles. The zero-order chi connectivity index (χ0) is 25.2. The molecule has 0 radical (unpaired) electrons. The summed E-state index contributed by atoms with van der Waals surface area (Å²) in [5.74, 6) is -0.511. The minimum absolute atomic E-state index is 0.0489. The molecule has 35 heavy (non-hydrogen) atoms. The molecule has 2 aliphatic heterocycles. The van der Waals surface area contributed by atoms with Crippen LogP contribution in [0.4, 0.5) is 20.6 Å². The molecule has 0 bridgehead atoms. The van der Waals surface area contributed by atoms with E-state index in [1.54, 1.807) is 0 Å². The minimum atomic E-state index is -4.24. The number of benzene rings is 2. The van der Waals surface area contributed by atoms with Crippen LogP contribution in [-0.2, 0) is 25.0 Å². The Morgan fingerprint density at radius 3 is 2.43 bits per heavy atom. The normalized spacial score (nSPS) is 19.0. The van der Waals surface area contributed by atoms with E-state index < -0.39 is 38.2 Å². The van der Waals surface area contributed by atoms with E-state index in [1.807, 2.05) is 0 Å². The number of nitrogens with zero attached hydrogens (tertiary/aromatic N) is 2. The van der Waals surface area contributed by atoms with Gasteiger partial charge in [0.05, 0.1) is 36.9 Å². The molecule has 3 N–H and O–H groups in total. The van der Waals surface area contributed by atoms with Crippen LogP contribution in [0.3, 0.4) is 0 Å². The van der Waals surface area contributed by atoms with Gasteiger partial charge in [-0.2, -0.15) is 17.4 Å². The number of carbonyl (C=O) groups is 1. The molecule has 4 rings (SSSR count). The summed E-state index contributed by atoms with van der Waals surface area (Å²) in [5, 5.41) is 11.2. The van der Waals surface area contributed by atoms with Crippen molar-refractivity contribution < 1.29 is 40.6 Å². The molecule has 0 spiro atoms. The Bertz CT molecular complexity index is 1300. The molecule has 1 amide bonds. The van der Waals surface area contributed by atoms with Crippen molar-refractivity contribution in [1.29, 1.82) is 0 Å². The average Bonchev–Trinajstić information content (AvgIpc) is 2.83. The van der Waals surface area contributed by atoms with Gasteiger partial charge in [0.2, 0.25) is 0 Å². The van der Waals surface area contributed by atoms with Crippen molar-refractivity contribution >= 4 is 37.7 Å². The highest BCUT2D eigenvalue weighted by atomic mass is 32.2. The lowest BCUT2D eigenvalue weighted by molar-refractivity contribution is 0.0722. The third-order valence-corrected chi connectivity index (χ3v) is 8.72. The summed E-state index contributed by atoms with van der Waals surface area (Å²) in [4.78, 5) is 10.8. The highest BCUT2D eigenvalue weighted by molar-refractivity contribution is 7.92. The van der Waals surface area contributed by atoms with Crippen LogP contribution in [0, 0.1) is 5.82 Å². The Morgan fingerprint density at radius 1 is 1.09 bits per heavy atom. The number of anilines is 2. The van der Waals surface area contributed by atoms with Crippen LogP contribution in [0.2, 0.25) is 0 Å². The molecule has 190 valence electrons. The largest absolute Gasteiger partial charge is 0.485 e. The standard InChI is InChI=1S/C20H23FN4O8S2/c21-14-1-4-17(5-2-14)34(28,29)25-13-16(12-22-35(30,31)24-7-9-32-10-8-24)33-19-6-3-15(11-18(19)25)23-20(26)27/h1-6,11,16,22-23H,7-10,12-13H2,(H,26,27). The maximum absolute atomic E-state index is 13.4. The Kier molecular flexibility index (Phi) is 7.14. The van der Waals surface area contributed by atoms with Gasteiger partial charge in [-0.15, -0.1) is 0 Å². The topological polar surface area (TPSA) is 155 Å². The van der Waals surface area contributed by atoms with E-state index in [9.17, 15) is 26.0 Å². The second-order valence-corrected chi connectivity index (χ2v) is 11.3. The van der Waals surface area contributed by atoms with Crippen LogP contribution in [0.1, 0.15) is 0 Å². The van der Waals surface area contributed by atoms with Gasteiger partial charge in [0.15, 0.2) is 0 Å². The van der Waals surface area contributed by atoms with Crippen LogP contribution in [-0.4, -0.2) is 77.8 Å². The summed E-state index contributed by atoms with van der Waals surface area (Å²) in [5.41, 5.74) is 0.151. The van der Waals surface area contributed by atoms with Gasteiger partial charge >= 0.3 is 6.09 Å². The van der Waals surface area contributed by atoms with Crippen LogP contribution in [0.15, 0.2) is 47.4 Å². The number of halogens is 1. The molecule has 1 unspecified atom stereocenters. The van der Waals surface area contributed by atoms with Gasteiger partial charge in [-0.1, -0.05) is 0 Å². The molecular weight excluding hydrogens is 507 g/mol. The number of hydrogen-bond acceptors (Lipinski definition) is 7. The lowest BCUT2D eigenvalue weighted by Crippen LogP contribution is -2.52. The van der Waals surface area contributed by atoms with Gasteiger partial charge in [0.25, 0.3) is 20.2 Å². The van der Waals surface area contributed by atoms with Gasteiger partial charge in [-0.3, -0.25) is 9.62 Å². The average molecular weight is 531 g/mol. The van der Waals surface area contributed by atoms with Crippen LogP contribution >= 0.6 is 0 Å². The van der Waals surface area contributed by atoms with Crippen molar-refractivity contribution in [3.05, 3.63) is 48.3 Å². The first kappa shape index (κ1) is 25.1. The van der Waals surface area contributed by atoms with Gasteiger partial charge < -0.3 is 14.6 Å². The van der Waals surface area contributed by atoms with E-state index >= 15 is 0 Å². The SMILES string of the molecule is O=C(O)Nc1ccc2c(c1)N(S(=O)(=O)c1ccc(F)cc1)CC(CNS(=O)(=O)N1CCOCC1)O2. The van der Waals surface area contributed by atoms with E-state index in [0.717, 1.165) is 28.6 Å². The van der Waals surface area contributed by atoms with Gasteiger partial charge in [-0.25, -0.2) is 17.6 Å². The molecule has 2 aromatic rings. The third-order valence-electron chi connectivity index (χ3n) is 5.35. The van der Waals surface area contributed by atoms with Crippen molar-refractivity contribution in [2.24, 2.45) is 0 Å². The first-order chi connectivity index (χ1) is 16.6. The number of amides is 1. The lowest BCUT2D eigenvalue weighted by Gasteiger charge is -2.36. The van der Waals surface area contributed by atoms with Crippen LogP contribution in [0.25, 0.3) is 0 Å². The lowest BCUT2D eigenvalue weighted by atomic mass is 10.2. The third kappa shape index (κ3) is 5.65. The summed E-state index contributed by atoms with van der Waals surface area (Å²) >= 11 is 0. The predicted octanol–water partition coefficient (Wildman–Crippen LogP) is 1.04. The molecule has 2 heterocycles. The van der Waals surface area contributed by atoms with Crippen molar-refractivity contribution in [3.63, 3.8) is 0 Å². The fourth-order valence-electron chi connectivity index (χ4n) is 3.66. The van der Waals surface area contributed by atoms with Crippen molar-refractivity contribution in [2.45, 2.75) is 11.0 Å². The number of fused-ring (bicyclic) bond motifs is 1. The first-order valence-corrected chi connectivity index (χ1v) is 13.4. The molecule has 0 aromatic heterocycles. The molecule has 15 heteroatoms. The summed E-state index contributed by atoms with van der Waals surface area (Å²) in [6, 6.07) is 8.28. The van der Waals surface area contributed by atoms with Gasteiger partial charge in [0, 0.05) is 18.8 Å². The Labute approximate surface area is 201 Å². The second kappa shape index (κ2) is 9.94. The smallest absolute Gasteiger partial charge is 0.409 e. The quantitative estimate of drug-likeness (QED) is 0.480. The molecule has 12 nitrogen and oxygen atoms in total. The number of nitrogens with one attached hydrogen (secondary N) is 2.